The zero-order valence-electron chi connectivity index (χ0n) is 17.4. The Morgan fingerprint density at radius 1 is 1.00 bits per heavy atom. The van der Waals surface area contributed by atoms with E-state index in [2.05, 4.69) is 38.7 Å². The van der Waals surface area contributed by atoms with Crippen LogP contribution in [0.3, 0.4) is 0 Å². The Morgan fingerprint density at radius 3 is 2.68 bits per heavy atom. The number of imidazole rings is 1. The van der Waals surface area contributed by atoms with Gasteiger partial charge in [0.15, 0.2) is 0 Å². The van der Waals surface area contributed by atoms with Gasteiger partial charge in [-0.15, -0.1) is 0 Å². The van der Waals surface area contributed by atoms with Crippen LogP contribution in [-0.2, 0) is 0 Å². The Bertz CT molecular complexity index is 1310. The highest BCUT2D eigenvalue weighted by Crippen LogP contribution is 2.33. The molecule has 0 amide bonds. The average molecular weight is 427 g/mol. The van der Waals surface area contributed by atoms with Gasteiger partial charge in [-0.05, 0) is 62.1 Å². The van der Waals surface area contributed by atoms with Gasteiger partial charge in [0.25, 0.3) is 0 Å². The van der Waals surface area contributed by atoms with Gasteiger partial charge >= 0.3 is 0 Å². The van der Waals surface area contributed by atoms with Gasteiger partial charge < -0.3 is 5.32 Å². The van der Waals surface area contributed by atoms with E-state index >= 15 is 0 Å². The molecule has 0 radical (unpaired) electrons. The van der Waals surface area contributed by atoms with E-state index in [0.29, 0.717) is 11.1 Å². The predicted octanol–water partition coefficient (Wildman–Crippen LogP) is 6.11. The topological polar surface area (TPSA) is 42.2 Å². The molecule has 1 aliphatic rings. The van der Waals surface area contributed by atoms with Crippen LogP contribution in [0.1, 0.15) is 42.6 Å². The fourth-order valence-corrected chi connectivity index (χ4v) is 4.28. The third-order valence-electron chi connectivity index (χ3n) is 5.64. The Balaban J connectivity index is 1.55. The number of pyridine rings is 2. The van der Waals surface area contributed by atoms with Gasteiger partial charge in [-0.3, -0.25) is 4.40 Å². The van der Waals surface area contributed by atoms with E-state index in [4.69, 9.17) is 16.6 Å². The minimum Gasteiger partial charge on any atom is -0.367 e. The summed E-state index contributed by atoms with van der Waals surface area (Å²) in [5.41, 5.74) is 5.50. The first-order valence-electron chi connectivity index (χ1n) is 10.7. The molecular weight excluding hydrogens is 404 g/mol. The van der Waals surface area contributed by atoms with E-state index in [-0.39, 0.29) is 0 Å². The minimum atomic E-state index is 0.466. The van der Waals surface area contributed by atoms with E-state index in [1.165, 1.54) is 25.7 Å². The molecule has 1 N–H and O–H groups in total. The van der Waals surface area contributed by atoms with Gasteiger partial charge in [-0.25, -0.2) is 9.97 Å². The Hall–Kier alpha value is -3.29. The molecule has 31 heavy (non-hydrogen) atoms. The van der Waals surface area contributed by atoms with Crippen LogP contribution in [0.5, 0.6) is 0 Å². The zero-order chi connectivity index (χ0) is 21.2. The van der Waals surface area contributed by atoms with Crippen molar-refractivity contribution in [2.75, 3.05) is 5.32 Å². The molecule has 154 valence electrons. The minimum absolute atomic E-state index is 0.466. The lowest BCUT2D eigenvalue weighted by molar-refractivity contribution is 0.749. The SMILES string of the molecule is Cc1cccc(C#Cc2cccc(-c3nc4ccc(Cl)cn4c3NC3CCCC3)c2)n1. The summed E-state index contributed by atoms with van der Waals surface area (Å²) < 4.78 is 2.06. The highest BCUT2D eigenvalue weighted by atomic mass is 35.5. The first kappa shape index (κ1) is 19.7. The van der Waals surface area contributed by atoms with Crippen LogP contribution in [0, 0.1) is 18.8 Å². The molecule has 3 heterocycles. The van der Waals surface area contributed by atoms with Crippen LogP contribution in [0.2, 0.25) is 5.02 Å². The molecule has 1 aliphatic carbocycles. The highest BCUT2D eigenvalue weighted by molar-refractivity contribution is 6.30. The first-order valence-corrected chi connectivity index (χ1v) is 11.0. The lowest BCUT2D eigenvalue weighted by atomic mass is 10.1. The molecule has 0 saturated heterocycles. The molecule has 0 atom stereocenters. The molecule has 4 aromatic rings. The number of hydrogen-bond donors (Lipinski definition) is 1. The summed E-state index contributed by atoms with van der Waals surface area (Å²) in [6.07, 6.45) is 6.83. The van der Waals surface area contributed by atoms with E-state index < -0.39 is 0 Å². The Kier molecular flexibility index (Phi) is 5.36. The largest absolute Gasteiger partial charge is 0.367 e. The van der Waals surface area contributed by atoms with Crippen LogP contribution in [0.15, 0.2) is 60.8 Å². The van der Waals surface area contributed by atoms with Crippen molar-refractivity contribution in [1.82, 2.24) is 14.4 Å². The molecule has 3 aromatic heterocycles. The number of benzene rings is 1. The molecule has 0 spiro atoms. The predicted molar refractivity (Wildman–Crippen MR) is 126 cm³/mol. The number of aryl methyl sites for hydroxylation is 1. The standard InChI is InChI=1S/C26H23ClN4/c1-18-6-4-11-23(28-18)14-12-19-7-5-8-20(16-19)25-26(29-22-9-2-3-10-22)31-17-21(27)13-15-24(31)30-25/h4-8,11,13,15-17,22,29H,2-3,9-10H2,1H3. The van der Waals surface area contributed by atoms with E-state index in [0.717, 1.165) is 39.7 Å². The number of halogens is 1. The van der Waals surface area contributed by atoms with Gasteiger partial charge in [-0.2, -0.15) is 0 Å². The Morgan fingerprint density at radius 2 is 1.84 bits per heavy atom. The van der Waals surface area contributed by atoms with E-state index in [1.54, 1.807) is 0 Å². The molecule has 1 aromatic carbocycles. The Labute approximate surface area is 187 Å². The summed E-state index contributed by atoms with van der Waals surface area (Å²) in [6, 6.07) is 18.4. The summed E-state index contributed by atoms with van der Waals surface area (Å²) in [7, 11) is 0. The number of nitrogens with zero attached hydrogens (tertiary/aromatic N) is 3. The van der Waals surface area contributed by atoms with Gasteiger partial charge in [0.1, 0.15) is 22.9 Å². The second-order valence-corrected chi connectivity index (χ2v) is 8.44. The number of nitrogens with one attached hydrogen (secondary N) is 1. The van der Waals surface area contributed by atoms with Crippen LogP contribution >= 0.6 is 11.6 Å². The third-order valence-corrected chi connectivity index (χ3v) is 5.86. The summed E-state index contributed by atoms with van der Waals surface area (Å²) in [4.78, 5) is 9.38. The molecule has 0 bridgehead atoms. The molecule has 0 unspecified atom stereocenters. The zero-order valence-corrected chi connectivity index (χ0v) is 18.2. The smallest absolute Gasteiger partial charge is 0.139 e. The molecule has 1 saturated carbocycles. The lowest BCUT2D eigenvalue weighted by Gasteiger charge is -2.15. The number of rotatable bonds is 3. The second kappa shape index (κ2) is 8.45. The highest BCUT2D eigenvalue weighted by Gasteiger charge is 2.20. The van der Waals surface area contributed by atoms with E-state index in [9.17, 15) is 0 Å². The monoisotopic (exact) mass is 426 g/mol. The van der Waals surface area contributed by atoms with E-state index in [1.807, 2.05) is 55.6 Å². The van der Waals surface area contributed by atoms with Crippen LogP contribution in [0.25, 0.3) is 16.9 Å². The van der Waals surface area contributed by atoms with Crippen molar-refractivity contribution >= 4 is 23.1 Å². The van der Waals surface area contributed by atoms with Crippen LogP contribution in [-0.4, -0.2) is 20.4 Å². The molecular formula is C26H23ClN4. The molecule has 1 fully saturated rings. The maximum absolute atomic E-state index is 6.30. The van der Waals surface area contributed by atoms with Crippen molar-refractivity contribution in [1.29, 1.82) is 0 Å². The quantitative estimate of drug-likeness (QED) is 0.402. The lowest BCUT2D eigenvalue weighted by Crippen LogP contribution is -2.16. The summed E-state index contributed by atoms with van der Waals surface area (Å²) in [5, 5.41) is 4.43. The maximum Gasteiger partial charge on any atom is 0.139 e. The van der Waals surface area contributed by atoms with Crippen LogP contribution < -0.4 is 5.32 Å². The average Bonchev–Trinajstić information content (AvgIpc) is 3.41. The number of aromatic nitrogens is 3. The molecule has 0 aliphatic heterocycles. The number of anilines is 1. The van der Waals surface area contributed by atoms with Crippen LogP contribution in [0.4, 0.5) is 5.82 Å². The molecule has 4 nitrogen and oxygen atoms in total. The maximum atomic E-state index is 6.30. The van der Waals surface area contributed by atoms with Gasteiger partial charge in [0.2, 0.25) is 0 Å². The number of hydrogen-bond acceptors (Lipinski definition) is 3. The van der Waals surface area contributed by atoms with Gasteiger partial charge in [0.05, 0.1) is 5.02 Å². The van der Waals surface area contributed by atoms with Crippen molar-refractivity contribution in [2.45, 2.75) is 38.6 Å². The second-order valence-electron chi connectivity index (χ2n) is 8.01. The van der Waals surface area contributed by atoms with Gasteiger partial charge in [0, 0.05) is 29.1 Å². The normalized spacial score (nSPS) is 13.9. The summed E-state index contributed by atoms with van der Waals surface area (Å²) in [6.45, 7) is 1.97. The van der Waals surface area contributed by atoms with Crippen molar-refractivity contribution < 1.29 is 0 Å². The fourth-order valence-electron chi connectivity index (χ4n) is 4.11. The van der Waals surface area contributed by atoms with Crippen molar-refractivity contribution in [3.63, 3.8) is 0 Å². The first-order chi connectivity index (χ1) is 15.2. The third kappa shape index (κ3) is 4.28. The molecule has 5 rings (SSSR count). The van der Waals surface area contributed by atoms with Gasteiger partial charge in [-0.1, -0.05) is 48.6 Å². The summed E-state index contributed by atoms with van der Waals surface area (Å²) >= 11 is 6.30. The van der Waals surface area contributed by atoms with Crippen molar-refractivity contribution in [3.05, 3.63) is 82.8 Å². The van der Waals surface area contributed by atoms with Crippen molar-refractivity contribution in [2.24, 2.45) is 0 Å². The molecule has 5 heteroatoms. The fraction of sp³-hybridized carbons (Fsp3) is 0.231. The number of fused-ring (bicyclic) bond motifs is 1. The van der Waals surface area contributed by atoms with Crippen molar-refractivity contribution in [3.8, 4) is 23.1 Å². The summed E-state index contributed by atoms with van der Waals surface area (Å²) in [5.74, 6) is 7.41.